The quantitative estimate of drug-likeness (QED) is 0.556. The van der Waals surface area contributed by atoms with E-state index in [0.717, 1.165) is 6.42 Å². The molecule has 0 N–H and O–H groups in total. The number of benzene rings is 1. The highest BCUT2D eigenvalue weighted by molar-refractivity contribution is 6.07. The molecular formula is C15H20O2. The minimum atomic E-state index is -0.0710. The van der Waals surface area contributed by atoms with Crippen molar-refractivity contribution in [1.29, 1.82) is 0 Å². The Hall–Kier alpha value is -1.44. The highest BCUT2D eigenvalue weighted by Gasteiger charge is 2.12. The molecule has 0 heterocycles. The van der Waals surface area contributed by atoms with E-state index in [1.54, 1.807) is 0 Å². The number of Topliss-reactive ketones (excluding diaryl/α,β-unsaturated/α-hetero) is 2. The summed E-state index contributed by atoms with van der Waals surface area (Å²) < 4.78 is 0. The van der Waals surface area contributed by atoms with Gasteiger partial charge in [0.2, 0.25) is 0 Å². The first kappa shape index (κ1) is 13.6. The smallest absolute Gasteiger partial charge is 0.170 e. The molecule has 0 aromatic heterocycles. The Bertz CT molecular complexity index is 388. The summed E-state index contributed by atoms with van der Waals surface area (Å²) in [5.41, 5.74) is 1.84. The molecule has 0 saturated carbocycles. The van der Waals surface area contributed by atoms with E-state index in [9.17, 15) is 9.59 Å². The highest BCUT2D eigenvalue weighted by atomic mass is 16.1. The first-order valence-corrected chi connectivity index (χ1v) is 6.16. The van der Waals surface area contributed by atoms with Crippen molar-refractivity contribution in [2.75, 3.05) is 0 Å². The van der Waals surface area contributed by atoms with Crippen molar-refractivity contribution in [3.63, 3.8) is 0 Å². The van der Waals surface area contributed by atoms with Crippen LogP contribution >= 0.6 is 0 Å². The Balaban J connectivity index is 2.60. The average Bonchev–Trinajstić information content (AvgIpc) is 2.28. The Kier molecular flexibility index (Phi) is 5.08. The summed E-state index contributed by atoms with van der Waals surface area (Å²) in [6.45, 7) is 6.04. The Morgan fingerprint density at radius 1 is 1.12 bits per heavy atom. The molecule has 2 nitrogen and oxygen atoms in total. The van der Waals surface area contributed by atoms with Crippen LogP contribution in [0.1, 0.15) is 49.5 Å². The third-order valence-corrected chi connectivity index (χ3v) is 2.68. The van der Waals surface area contributed by atoms with E-state index in [1.807, 2.05) is 38.1 Å². The molecule has 0 saturated heterocycles. The molecule has 0 aliphatic heterocycles. The second kappa shape index (κ2) is 6.33. The molecule has 0 amide bonds. The molecule has 2 heteroatoms. The molecule has 1 aromatic rings. The molecule has 17 heavy (non-hydrogen) atoms. The first-order valence-electron chi connectivity index (χ1n) is 6.16. The van der Waals surface area contributed by atoms with E-state index < -0.39 is 0 Å². The molecule has 0 aliphatic carbocycles. The summed E-state index contributed by atoms with van der Waals surface area (Å²) in [6, 6.07) is 7.51. The van der Waals surface area contributed by atoms with E-state index in [2.05, 4.69) is 6.92 Å². The zero-order valence-electron chi connectivity index (χ0n) is 10.8. The van der Waals surface area contributed by atoms with Gasteiger partial charge in [0, 0.05) is 12.0 Å². The van der Waals surface area contributed by atoms with Crippen molar-refractivity contribution >= 4 is 11.6 Å². The predicted molar refractivity (Wildman–Crippen MR) is 69.2 cm³/mol. The van der Waals surface area contributed by atoms with Crippen LogP contribution in [0, 0.1) is 5.92 Å². The van der Waals surface area contributed by atoms with Crippen LogP contribution in [0.3, 0.4) is 0 Å². The zero-order valence-corrected chi connectivity index (χ0v) is 10.8. The van der Waals surface area contributed by atoms with E-state index in [0.29, 0.717) is 17.9 Å². The maximum Gasteiger partial charge on any atom is 0.170 e. The second-order valence-corrected chi connectivity index (χ2v) is 4.79. The minimum absolute atomic E-state index is 0.0314. The third-order valence-electron chi connectivity index (χ3n) is 2.68. The van der Waals surface area contributed by atoms with Gasteiger partial charge in [0.05, 0.1) is 6.42 Å². The van der Waals surface area contributed by atoms with Gasteiger partial charge in [-0.15, -0.1) is 0 Å². The number of rotatable bonds is 6. The monoisotopic (exact) mass is 232 g/mol. The lowest BCUT2D eigenvalue weighted by molar-refractivity contribution is -0.118. The minimum Gasteiger partial charge on any atom is -0.299 e. The molecule has 0 unspecified atom stereocenters. The number of hydrogen-bond acceptors (Lipinski definition) is 2. The van der Waals surface area contributed by atoms with Crippen LogP contribution in [-0.4, -0.2) is 11.6 Å². The molecular weight excluding hydrogens is 212 g/mol. The number of carbonyl (C=O) groups excluding carboxylic acids is 2. The van der Waals surface area contributed by atoms with Crippen LogP contribution in [0.5, 0.6) is 0 Å². The summed E-state index contributed by atoms with van der Waals surface area (Å²) in [7, 11) is 0. The lowest BCUT2D eigenvalue weighted by Gasteiger charge is -2.04. The van der Waals surface area contributed by atoms with Crippen LogP contribution in [0.25, 0.3) is 0 Å². The van der Waals surface area contributed by atoms with E-state index in [-0.39, 0.29) is 18.0 Å². The lowest BCUT2D eigenvalue weighted by atomic mass is 9.99. The number of carbonyl (C=O) groups is 2. The predicted octanol–water partition coefficient (Wildman–Crippen LogP) is 3.44. The second-order valence-electron chi connectivity index (χ2n) is 4.79. The fourth-order valence-electron chi connectivity index (χ4n) is 1.73. The molecule has 0 atom stereocenters. The van der Waals surface area contributed by atoms with Crippen LogP contribution in [0.15, 0.2) is 24.3 Å². The van der Waals surface area contributed by atoms with Gasteiger partial charge >= 0.3 is 0 Å². The number of aryl methyl sites for hydroxylation is 1. The summed E-state index contributed by atoms with van der Waals surface area (Å²) in [4.78, 5) is 23.4. The first-order chi connectivity index (χ1) is 8.02. The van der Waals surface area contributed by atoms with E-state index >= 15 is 0 Å². The Morgan fingerprint density at radius 2 is 1.71 bits per heavy atom. The van der Waals surface area contributed by atoms with Crippen LogP contribution in [0.2, 0.25) is 0 Å². The molecule has 92 valence electrons. The van der Waals surface area contributed by atoms with Gasteiger partial charge in [-0.3, -0.25) is 9.59 Å². The fraction of sp³-hybridized carbons (Fsp3) is 0.467. The molecule has 0 fully saturated rings. The van der Waals surface area contributed by atoms with Gasteiger partial charge in [-0.25, -0.2) is 0 Å². The van der Waals surface area contributed by atoms with Gasteiger partial charge in [0.1, 0.15) is 5.78 Å². The van der Waals surface area contributed by atoms with Gasteiger partial charge in [0.25, 0.3) is 0 Å². The lowest BCUT2D eigenvalue weighted by Crippen LogP contribution is -2.10. The molecule has 1 aromatic carbocycles. The topological polar surface area (TPSA) is 34.1 Å². The van der Waals surface area contributed by atoms with Gasteiger partial charge in [-0.1, -0.05) is 45.0 Å². The Morgan fingerprint density at radius 3 is 2.18 bits per heavy atom. The maximum absolute atomic E-state index is 11.8. The summed E-state index contributed by atoms with van der Waals surface area (Å²) in [6.07, 6.45) is 1.48. The van der Waals surface area contributed by atoms with Crippen molar-refractivity contribution < 1.29 is 9.59 Å². The van der Waals surface area contributed by atoms with Crippen molar-refractivity contribution in [3.8, 4) is 0 Å². The fourth-order valence-corrected chi connectivity index (χ4v) is 1.73. The van der Waals surface area contributed by atoms with Gasteiger partial charge in [0.15, 0.2) is 5.78 Å². The van der Waals surface area contributed by atoms with Crippen LogP contribution < -0.4 is 0 Å². The Labute approximate surface area is 103 Å². The van der Waals surface area contributed by atoms with Gasteiger partial charge in [-0.2, -0.15) is 0 Å². The van der Waals surface area contributed by atoms with Crippen molar-refractivity contribution in [1.82, 2.24) is 0 Å². The van der Waals surface area contributed by atoms with Crippen molar-refractivity contribution in [2.45, 2.75) is 40.0 Å². The summed E-state index contributed by atoms with van der Waals surface area (Å²) in [5, 5.41) is 0. The molecule has 1 rings (SSSR count). The van der Waals surface area contributed by atoms with Crippen LogP contribution in [-0.2, 0) is 11.2 Å². The zero-order chi connectivity index (χ0) is 12.8. The van der Waals surface area contributed by atoms with Crippen LogP contribution in [0.4, 0.5) is 0 Å². The maximum atomic E-state index is 11.8. The summed E-state index contributed by atoms with van der Waals surface area (Å²) in [5.74, 6) is 0.278. The molecule has 0 aliphatic rings. The van der Waals surface area contributed by atoms with Crippen molar-refractivity contribution in [2.24, 2.45) is 5.92 Å². The highest BCUT2D eigenvalue weighted by Crippen LogP contribution is 2.10. The van der Waals surface area contributed by atoms with E-state index in [4.69, 9.17) is 0 Å². The van der Waals surface area contributed by atoms with Gasteiger partial charge < -0.3 is 0 Å². The standard InChI is InChI=1S/C15H20O2/c1-4-12-5-7-13(8-6-12)15(17)10-14(16)9-11(2)3/h5-8,11H,4,9-10H2,1-3H3. The van der Waals surface area contributed by atoms with E-state index in [1.165, 1.54) is 5.56 Å². The van der Waals surface area contributed by atoms with Gasteiger partial charge in [-0.05, 0) is 17.9 Å². The molecule has 0 spiro atoms. The normalized spacial score (nSPS) is 10.6. The molecule has 0 bridgehead atoms. The number of ketones is 2. The average molecular weight is 232 g/mol. The third kappa shape index (κ3) is 4.51. The number of hydrogen-bond donors (Lipinski definition) is 0. The molecule has 0 radical (unpaired) electrons. The summed E-state index contributed by atoms with van der Waals surface area (Å²) >= 11 is 0. The SMILES string of the molecule is CCc1ccc(C(=O)CC(=O)CC(C)C)cc1. The largest absolute Gasteiger partial charge is 0.299 e. The van der Waals surface area contributed by atoms with Crippen molar-refractivity contribution in [3.05, 3.63) is 35.4 Å².